The van der Waals surface area contributed by atoms with Crippen LogP contribution in [0.25, 0.3) is 0 Å². The molecular weight excluding hydrogens is 387 g/mol. The topological polar surface area (TPSA) is 82.4 Å². The maximum Gasteiger partial charge on any atom is 0.416 e. The molecule has 1 aliphatic heterocycles. The summed E-state index contributed by atoms with van der Waals surface area (Å²) in [5, 5.41) is 11.1. The molecule has 9 heteroatoms. The molecule has 0 bridgehead atoms. The van der Waals surface area contributed by atoms with Crippen LogP contribution in [0, 0.1) is 11.3 Å². The Bertz CT molecular complexity index is 983. The first-order valence-corrected chi connectivity index (χ1v) is 8.60. The van der Waals surface area contributed by atoms with Crippen molar-refractivity contribution in [3.63, 3.8) is 0 Å². The van der Waals surface area contributed by atoms with Gasteiger partial charge in [0, 0.05) is 0 Å². The average Bonchev–Trinajstić information content (AvgIpc) is 2.91. The van der Waals surface area contributed by atoms with E-state index in [1.165, 1.54) is 25.1 Å². The lowest BCUT2D eigenvalue weighted by Crippen LogP contribution is -2.42. The Labute approximate surface area is 164 Å². The molecular formula is C20H16F3N3O3. The van der Waals surface area contributed by atoms with E-state index in [2.05, 4.69) is 5.32 Å². The van der Waals surface area contributed by atoms with Gasteiger partial charge in [0.1, 0.15) is 17.9 Å². The zero-order valence-electron chi connectivity index (χ0n) is 15.3. The van der Waals surface area contributed by atoms with Gasteiger partial charge in [-0.3, -0.25) is 9.69 Å². The predicted octanol–water partition coefficient (Wildman–Crippen LogP) is 3.42. The fraction of sp³-hybridized carbons (Fsp3) is 0.250. The first-order chi connectivity index (χ1) is 13.7. The number of amides is 3. The van der Waals surface area contributed by atoms with Gasteiger partial charge in [-0.1, -0.05) is 18.2 Å². The number of alkyl halides is 3. The Morgan fingerprint density at radius 2 is 1.79 bits per heavy atom. The van der Waals surface area contributed by atoms with E-state index in [1.807, 2.05) is 6.07 Å². The second kappa shape index (κ2) is 7.47. The Morgan fingerprint density at radius 1 is 1.14 bits per heavy atom. The van der Waals surface area contributed by atoms with Crippen molar-refractivity contribution in [1.29, 1.82) is 5.26 Å². The Balaban J connectivity index is 1.75. The smallest absolute Gasteiger partial charge is 0.416 e. The van der Waals surface area contributed by atoms with Crippen molar-refractivity contribution < 1.29 is 27.5 Å². The SMILES string of the molecule is CC1(c2ccccc2C(F)(F)F)NC(=O)N(CCOc2ccc(C#N)cc2)C1=O. The van der Waals surface area contributed by atoms with Gasteiger partial charge in [-0.05, 0) is 42.8 Å². The van der Waals surface area contributed by atoms with Crippen molar-refractivity contribution in [3.05, 3.63) is 65.2 Å². The Hall–Kier alpha value is -3.54. The number of carbonyl (C=O) groups is 2. The summed E-state index contributed by atoms with van der Waals surface area (Å²) in [5.41, 5.74) is -2.68. The van der Waals surface area contributed by atoms with Crippen LogP contribution in [0.1, 0.15) is 23.6 Å². The quantitative estimate of drug-likeness (QED) is 0.776. The molecule has 1 heterocycles. The van der Waals surface area contributed by atoms with Crippen LogP contribution < -0.4 is 10.1 Å². The van der Waals surface area contributed by atoms with Crippen molar-refractivity contribution in [2.75, 3.05) is 13.2 Å². The Morgan fingerprint density at radius 3 is 2.41 bits per heavy atom. The first kappa shape index (κ1) is 20.2. The third-order valence-corrected chi connectivity index (χ3v) is 4.61. The zero-order valence-corrected chi connectivity index (χ0v) is 15.3. The summed E-state index contributed by atoms with van der Waals surface area (Å²) in [7, 11) is 0. The summed E-state index contributed by atoms with van der Waals surface area (Å²) in [6.07, 6.45) is -4.67. The number of halogens is 3. The fourth-order valence-electron chi connectivity index (χ4n) is 3.13. The van der Waals surface area contributed by atoms with Gasteiger partial charge in [-0.2, -0.15) is 18.4 Å². The molecule has 3 amide bonds. The predicted molar refractivity (Wildman–Crippen MR) is 95.7 cm³/mol. The van der Waals surface area contributed by atoms with Crippen molar-refractivity contribution >= 4 is 11.9 Å². The molecule has 0 aromatic heterocycles. The maximum atomic E-state index is 13.4. The van der Waals surface area contributed by atoms with E-state index in [0.717, 1.165) is 11.0 Å². The molecule has 0 saturated carbocycles. The molecule has 150 valence electrons. The normalized spacial score (nSPS) is 19.1. The van der Waals surface area contributed by atoms with E-state index in [1.54, 1.807) is 24.3 Å². The van der Waals surface area contributed by atoms with Gasteiger partial charge in [0.25, 0.3) is 5.91 Å². The van der Waals surface area contributed by atoms with Gasteiger partial charge in [-0.15, -0.1) is 0 Å². The molecule has 2 aromatic carbocycles. The van der Waals surface area contributed by atoms with Crippen LogP contribution in [0.5, 0.6) is 5.75 Å². The van der Waals surface area contributed by atoms with Crippen LogP contribution in [0.3, 0.4) is 0 Å². The van der Waals surface area contributed by atoms with Crippen molar-refractivity contribution in [2.45, 2.75) is 18.6 Å². The summed E-state index contributed by atoms with van der Waals surface area (Å²) < 4.78 is 45.5. The first-order valence-electron chi connectivity index (χ1n) is 8.60. The lowest BCUT2D eigenvalue weighted by molar-refractivity contribution is -0.140. The van der Waals surface area contributed by atoms with Gasteiger partial charge in [-0.25, -0.2) is 4.79 Å². The third-order valence-electron chi connectivity index (χ3n) is 4.61. The second-order valence-electron chi connectivity index (χ2n) is 6.54. The molecule has 29 heavy (non-hydrogen) atoms. The van der Waals surface area contributed by atoms with Crippen LogP contribution in [0.2, 0.25) is 0 Å². The highest BCUT2D eigenvalue weighted by Gasteiger charge is 2.52. The van der Waals surface area contributed by atoms with E-state index in [4.69, 9.17) is 10.00 Å². The summed E-state index contributed by atoms with van der Waals surface area (Å²) in [4.78, 5) is 25.9. The average molecular weight is 403 g/mol. The highest BCUT2D eigenvalue weighted by Crippen LogP contribution is 2.39. The summed E-state index contributed by atoms with van der Waals surface area (Å²) in [6.45, 7) is 1.05. The molecule has 1 unspecified atom stereocenters. The minimum absolute atomic E-state index is 0.0535. The van der Waals surface area contributed by atoms with Gasteiger partial charge in [0.2, 0.25) is 0 Å². The molecule has 0 radical (unpaired) electrons. The number of ether oxygens (including phenoxy) is 1. The molecule has 1 aliphatic rings. The summed E-state index contributed by atoms with van der Waals surface area (Å²) in [5.74, 6) is -0.358. The number of nitrogens with one attached hydrogen (secondary N) is 1. The number of rotatable bonds is 5. The van der Waals surface area contributed by atoms with E-state index in [-0.39, 0.29) is 18.7 Å². The van der Waals surface area contributed by atoms with E-state index >= 15 is 0 Å². The van der Waals surface area contributed by atoms with Gasteiger partial charge in [0.15, 0.2) is 0 Å². The Kier molecular flexibility index (Phi) is 5.20. The summed E-state index contributed by atoms with van der Waals surface area (Å²) in [6, 6.07) is 12.1. The number of nitriles is 1. The molecule has 0 spiro atoms. The molecule has 6 nitrogen and oxygen atoms in total. The second-order valence-corrected chi connectivity index (χ2v) is 6.54. The lowest BCUT2D eigenvalue weighted by atomic mass is 9.88. The lowest BCUT2D eigenvalue weighted by Gasteiger charge is -2.25. The number of urea groups is 1. The van der Waals surface area contributed by atoms with E-state index < -0.39 is 29.2 Å². The molecule has 3 rings (SSSR count). The number of imide groups is 1. The molecule has 1 N–H and O–H groups in total. The number of nitrogens with zero attached hydrogens (tertiary/aromatic N) is 2. The van der Waals surface area contributed by atoms with Crippen LogP contribution in [0.15, 0.2) is 48.5 Å². The van der Waals surface area contributed by atoms with Crippen LogP contribution >= 0.6 is 0 Å². The minimum Gasteiger partial charge on any atom is -0.492 e. The standard InChI is InChI=1S/C20H16F3N3O3/c1-19(15-4-2-3-5-16(15)20(21,22)23)17(27)26(18(28)25-19)10-11-29-14-8-6-13(12-24)7-9-14/h2-9H,10-11H2,1H3,(H,25,28). The van der Waals surface area contributed by atoms with Crippen molar-refractivity contribution in [3.8, 4) is 11.8 Å². The highest BCUT2D eigenvalue weighted by atomic mass is 19.4. The van der Waals surface area contributed by atoms with Crippen LogP contribution in [-0.4, -0.2) is 30.0 Å². The fourth-order valence-corrected chi connectivity index (χ4v) is 3.13. The van der Waals surface area contributed by atoms with Gasteiger partial charge < -0.3 is 10.1 Å². The molecule has 1 atom stereocenters. The van der Waals surface area contributed by atoms with Gasteiger partial charge in [0.05, 0.1) is 23.7 Å². The number of benzene rings is 2. The van der Waals surface area contributed by atoms with Crippen molar-refractivity contribution in [1.82, 2.24) is 10.2 Å². The van der Waals surface area contributed by atoms with Crippen molar-refractivity contribution in [2.24, 2.45) is 0 Å². The minimum atomic E-state index is -4.67. The molecule has 2 aromatic rings. The number of carbonyl (C=O) groups excluding carboxylic acids is 2. The van der Waals surface area contributed by atoms with Gasteiger partial charge >= 0.3 is 12.2 Å². The highest BCUT2D eigenvalue weighted by molar-refractivity contribution is 6.07. The number of hydrogen-bond donors (Lipinski definition) is 1. The maximum absolute atomic E-state index is 13.4. The largest absolute Gasteiger partial charge is 0.492 e. The summed E-state index contributed by atoms with van der Waals surface area (Å²) >= 11 is 0. The molecule has 1 saturated heterocycles. The monoisotopic (exact) mass is 403 g/mol. The molecule has 0 aliphatic carbocycles. The zero-order chi connectivity index (χ0) is 21.2. The molecule has 1 fully saturated rings. The van der Waals surface area contributed by atoms with Crippen LogP contribution in [-0.2, 0) is 16.5 Å². The van der Waals surface area contributed by atoms with Crippen LogP contribution in [0.4, 0.5) is 18.0 Å². The van der Waals surface area contributed by atoms with E-state index in [9.17, 15) is 22.8 Å². The third kappa shape index (κ3) is 3.87. The van der Waals surface area contributed by atoms with E-state index in [0.29, 0.717) is 11.3 Å². The number of hydrogen-bond acceptors (Lipinski definition) is 4.